The molecule has 1 aromatic heterocycles. The first-order valence-electron chi connectivity index (χ1n) is 7.82. The molecule has 0 aliphatic rings. The summed E-state index contributed by atoms with van der Waals surface area (Å²) in [5.74, 6) is 0.336. The first-order valence-corrected chi connectivity index (χ1v) is 7.82. The van der Waals surface area contributed by atoms with E-state index in [-0.39, 0.29) is 23.3 Å². The third-order valence-electron chi connectivity index (χ3n) is 3.77. The molecular formula is C16H22N4O3. The van der Waals surface area contributed by atoms with Gasteiger partial charge in [-0.15, -0.1) is 0 Å². The number of carbonyl (C=O) groups is 1. The van der Waals surface area contributed by atoms with Crippen molar-refractivity contribution in [2.75, 3.05) is 0 Å². The number of nitrogens with one attached hydrogen (secondary N) is 2. The average Bonchev–Trinajstić information content (AvgIpc) is 2.89. The van der Waals surface area contributed by atoms with Gasteiger partial charge < -0.3 is 5.32 Å². The van der Waals surface area contributed by atoms with Crippen LogP contribution < -0.4 is 5.32 Å². The van der Waals surface area contributed by atoms with Crippen LogP contribution in [-0.2, 0) is 0 Å². The van der Waals surface area contributed by atoms with Crippen molar-refractivity contribution in [1.82, 2.24) is 15.5 Å². The van der Waals surface area contributed by atoms with Crippen molar-refractivity contribution in [3.8, 4) is 0 Å². The molecule has 0 spiro atoms. The van der Waals surface area contributed by atoms with Gasteiger partial charge in [0.15, 0.2) is 5.69 Å². The van der Waals surface area contributed by atoms with Crippen molar-refractivity contribution in [2.24, 2.45) is 5.92 Å². The van der Waals surface area contributed by atoms with E-state index in [4.69, 9.17) is 0 Å². The summed E-state index contributed by atoms with van der Waals surface area (Å²) in [7, 11) is 0. The highest BCUT2D eigenvalue weighted by Gasteiger charge is 2.18. The van der Waals surface area contributed by atoms with Gasteiger partial charge in [0.2, 0.25) is 0 Å². The van der Waals surface area contributed by atoms with Crippen molar-refractivity contribution in [1.29, 1.82) is 0 Å². The van der Waals surface area contributed by atoms with Crippen LogP contribution >= 0.6 is 0 Å². The highest BCUT2D eigenvalue weighted by atomic mass is 16.6. The van der Waals surface area contributed by atoms with Crippen LogP contribution in [0.1, 0.15) is 50.5 Å². The Morgan fingerprint density at radius 2 is 2.09 bits per heavy atom. The molecule has 0 aliphatic heterocycles. The summed E-state index contributed by atoms with van der Waals surface area (Å²) in [4.78, 5) is 22.7. The maximum Gasteiger partial charge on any atom is 0.272 e. The molecule has 1 heterocycles. The minimum Gasteiger partial charge on any atom is -0.348 e. The molecule has 0 bridgehead atoms. The van der Waals surface area contributed by atoms with Crippen LogP contribution in [0.2, 0.25) is 0 Å². The van der Waals surface area contributed by atoms with E-state index in [0.29, 0.717) is 16.8 Å². The van der Waals surface area contributed by atoms with Gasteiger partial charge in [-0.25, -0.2) is 0 Å². The summed E-state index contributed by atoms with van der Waals surface area (Å²) in [6, 6.07) is 4.35. The Morgan fingerprint density at radius 1 is 1.35 bits per heavy atom. The number of nitro benzene ring substituents is 1. The van der Waals surface area contributed by atoms with Crippen molar-refractivity contribution in [3.05, 3.63) is 34.0 Å². The normalized spacial score (nSPS) is 12.5. The fourth-order valence-electron chi connectivity index (χ4n) is 2.49. The zero-order valence-electron chi connectivity index (χ0n) is 13.6. The molecule has 1 unspecified atom stereocenters. The second kappa shape index (κ2) is 7.21. The lowest BCUT2D eigenvalue weighted by molar-refractivity contribution is -0.384. The predicted molar refractivity (Wildman–Crippen MR) is 88.4 cm³/mol. The second-order valence-electron chi connectivity index (χ2n) is 6.26. The fraction of sp³-hybridized carbons (Fsp3) is 0.500. The zero-order chi connectivity index (χ0) is 17.0. The summed E-state index contributed by atoms with van der Waals surface area (Å²) in [6.07, 6.45) is 3.07. The van der Waals surface area contributed by atoms with Crippen LogP contribution in [0.5, 0.6) is 0 Å². The van der Waals surface area contributed by atoms with Gasteiger partial charge in [-0.2, -0.15) is 5.10 Å². The number of aromatic amines is 1. The van der Waals surface area contributed by atoms with Gasteiger partial charge in [-0.3, -0.25) is 20.0 Å². The fourth-order valence-corrected chi connectivity index (χ4v) is 2.49. The number of aromatic nitrogens is 2. The smallest absolute Gasteiger partial charge is 0.272 e. The third-order valence-corrected chi connectivity index (χ3v) is 3.77. The quantitative estimate of drug-likeness (QED) is 0.603. The number of nitro groups is 1. The number of nitrogens with zero attached hydrogens (tertiary/aromatic N) is 2. The van der Waals surface area contributed by atoms with E-state index in [0.717, 1.165) is 19.3 Å². The largest absolute Gasteiger partial charge is 0.348 e. The lowest BCUT2D eigenvalue weighted by atomic mass is 10.0. The van der Waals surface area contributed by atoms with E-state index in [1.54, 1.807) is 6.07 Å². The van der Waals surface area contributed by atoms with Crippen molar-refractivity contribution in [2.45, 2.75) is 46.1 Å². The van der Waals surface area contributed by atoms with Crippen LogP contribution in [0.4, 0.5) is 5.69 Å². The molecule has 124 valence electrons. The van der Waals surface area contributed by atoms with Gasteiger partial charge in [-0.1, -0.05) is 26.7 Å². The summed E-state index contributed by atoms with van der Waals surface area (Å²) < 4.78 is 0. The van der Waals surface area contributed by atoms with E-state index in [9.17, 15) is 14.9 Å². The molecule has 0 aliphatic carbocycles. The number of rotatable bonds is 7. The minimum atomic E-state index is -0.483. The molecule has 7 nitrogen and oxygen atoms in total. The summed E-state index contributed by atoms with van der Waals surface area (Å²) in [5.41, 5.74) is 0.741. The van der Waals surface area contributed by atoms with Crippen molar-refractivity contribution in [3.63, 3.8) is 0 Å². The Bertz CT molecular complexity index is 708. The first kappa shape index (κ1) is 16.9. The molecule has 1 amide bonds. The van der Waals surface area contributed by atoms with Crippen LogP contribution in [0.3, 0.4) is 0 Å². The Labute approximate surface area is 134 Å². The molecule has 1 atom stereocenters. The lowest BCUT2D eigenvalue weighted by Gasteiger charge is -2.13. The Morgan fingerprint density at radius 3 is 2.74 bits per heavy atom. The van der Waals surface area contributed by atoms with E-state index >= 15 is 0 Å². The molecule has 1 aromatic carbocycles. The number of fused-ring (bicyclic) bond motifs is 1. The molecular weight excluding hydrogens is 296 g/mol. The summed E-state index contributed by atoms with van der Waals surface area (Å²) in [6.45, 7) is 6.30. The molecule has 0 fully saturated rings. The van der Waals surface area contributed by atoms with Crippen molar-refractivity contribution < 1.29 is 9.72 Å². The number of hydrogen-bond acceptors (Lipinski definition) is 4. The zero-order valence-corrected chi connectivity index (χ0v) is 13.6. The summed E-state index contributed by atoms with van der Waals surface area (Å²) >= 11 is 0. The van der Waals surface area contributed by atoms with Crippen LogP contribution in [0, 0.1) is 16.0 Å². The molecule has 23 heavy (non-hydrogen) atoms. The van der Waals surface area contributed by atoms with Gasteiger partial charge in [-0.05, 0) is 25.3 Å². The van der Waals surface area contributed by atoms with E-state index < -0.39 is 4.92 Å². The maximum atomic E-state index is 12.3. The highest BCUT2D eigenvalue weighted by molar-refractivity contribution is 6.05. The maximum absolute atomic E-state index is 12.3. The van der Waals surface area contributed by atoms with Crippen LogP contribution in [0.25, 0.3) is 10.9 Å². The number of carbonyl (C=O) groups excluding carboxylic acids is 1. The molecule has 2 aromatic rings. The van der Waals surface area contributed by atoms with E-state index in [2.05, 4.69) is 29.4 Å². The monoisotopic (exact) mass is 318 g/mol. The SMILES string of the molecule is CC(C)CCCC(C)NC(=O)c1n[nH]c2ccc([N+](=O)[O-])cc12. The van der Waals surface area contributed by atoms with E-state index in [1.165, 1.54) is 12.1 Å². The van der Waals surface area contributed by atoms with Crippen molar-refractivity contribution >= 4 is 22.5 Å². The Hall–Kier alpha value is -2.44. The number of amides is 1. The lowest BCUT2D eigenvalue weighted by Crippen LogP contribution is -2.32. The molecule has 2 rings (SSSR count). The number of non-ortho nitro benzene ring substituents is 1. The second-order valence-corrected chi connectivity index (χ2v) is 6.26. The third kappa shape index (κ3) is 4.28. The van der Waals surface area contributed by atoms with Gasteiger partial charge in [0.1, 0.15) is 0 Å². The Kier molecular flexibility index (Phi) is 5.31. The molecule has 0 saturated heterocycles. The summed E-state index contributed by atoms with van der Waals surface area (Å²) in [5, 5.41) is 21.0. The van der Waals surface area contributed by atoms with Gasteiger partial charge >= 0.3 is 0 Å². The average molecular weight is 318 g/mol. The molecule has 0 radical (unpaired) electrons. The molecule has 0 saturated carbocycles. The number of H-pyrrole nitrogens is 1. The predicted octanol–water partition coefficient (Wildman–Crippen LogP) is 3.42. The topological polar surface area (TPSA) is 101 Å². The minimum absolute atomic E-state index is 0.0340. The van der Waals surface area contributed by atoms with Gasteiger partial charge in [0, 0.05) is 23.6 Å². The number of benzene rings is 1. The van der Waals surface area contributed by atoms with Gasteiger partial charge in [0.05, 0.1) is 10.4 Å². The Balaban J connectivity index is 2.08. The van der Waals surface area contributed by atoms with Crippen LogP contribution in [0.15, 0.2) is 18.2 Å². The van der Waals surface area contributed by atoms with Gasteiger partial charge in [0.25, 0.3) is 11.6 Å². The van der Waals surface area contributed by atoms with E-state index in [1.807, 2.05) is 6.92 Å². The number of hydrogen-bond donors (Lipinski definition) is 2. The molecule has 2 N–H and O–H groups in total. The standard InChI is InChI=1S/C16H22N4O3/c1-10(2)5-4-6-11(3)17-16(21)15-13-9-12(20(22)23)7-8-14(13)18-19-15/h7-11H,4-6H2,1-3H3,(H,17,21)(H,18,19). The highest BCUT2D eigenvalue weighted by Crippen LogP contribution is 2.22. The first-order chi connectivity index (χ1) is 10.9. The molecule has 7 heteroatoms. The van der Waals surface area contributed by atoms with Crippen LogP contribution in [-0.4, -0.2) is 27.1 Å².